The van der Waals surface area contributed by atoms with Crippen molar-refractivity contribution in [1.29, 1.82) is 0 Å². The summed E-state index contributed by atoms with van der Waals surface area (Å²) in [6.45, 7) is 5.06. The van der Waals surface area contributed by atoms with Gasteiger partial charge in [0.1, 0.15) is 0 Å². The summed E-state index contributed by atoms with van der Waals surface area (Å²) in [5.74, 6) is 0.356. The average Bonchev–Trinajstić information content (AvgIpc) is 2.75. The molecule has 1 heterocycles. The number of aryl methyl sites for hydroxylation is 2. The van der Waals surface area contributed by atoms with Gasteiger partial charge in [0.25, 0.3) is 0 Å². The number of carbonyl (C=O) groups excluding carboxylic acids is 1. The van der Waals surface area contributed by atoms with Crippen LogP contribution in [-0.4, -0.2) is 23.9 Å². The quantitative estimate of drug-likeness (QED) is 0.653. The molecule has 2 aliphatic rings. The summed E-state index contributed by atoms with van der Waals surface area (Å²) in [7, 11) is 0. The van der Waals surface area contributed by atoms with Gasteiger partial charge in [0.15, 0.2) is 0 Å². The molecule has 3 nitrogen and oxygen atoms in total. The van der Waals surface area contributed by atoms with Gasteiger partial charge in [0.2, 0.25) is 5.91 Å². The molecule has 0 bridgehead atoms. The first-order valence-electron chi connectivity index (χ1n) is 11.0. The second-order valence-electron chi connectivity index (χ2n) is 8.64. The molecule has 0 unspecified atom stereocenters. The maximum Gasteiger partial charge on any atom is 0.223 e. The molecule has 29 heavy (non-hydrogen) atoms. The average molecular weight is 455 g/mol. The van der Waals surface area contributed by atoms with Crippen LogP contribution in [0.1, 0.15) is 60.9 Å². The molecule has 1 saturated heterocycles. The Morgan fingerprint density at radius 2 is 1.76 bits per heavy atom. The normalized spacial score (nSPS) is 18.8. The van der Waals surface area contributed by atoms with Crippen molar-refractivity contribution >= 4 is 21.8 Å². The van der Waals surface area contributed by atoms with Crippen molar-refractivity contribution in [3.8, 4) is 0 Å². The van der Waals surface area contributed by atoms with E-state index in [0.29, 0.717) is 0 Å². The summed E-state index contributed by atoms with van der Waals surface area (Å²) >= 11 is 3.49. The number of halogens is 1. The summed E-state index contributed by atoms with van der Waals surface area (Å²) < 4.78 is 1.12. The van der Waals surface area contributed by atoms with Gasteiger partial charge in [-0.2, -0.15) is 0 Å². The third-order valence-electron chi connectivity index (χ3n) is 6.51. The van der Waals surface area contributed by atoms with E-state index in [1.165, 1.54) is 47.9 Å². The number of fused-ring (bicyclic) bond motifs is 1. The molecule has 1 atom stereocenters. The maximum atomic E-state index is 12.8. The number of likely N-dealkylation sites (tertiary alicyclic amines) is 1. The van der Waals surface area contributed by atoms with Gasteiger partial charge in [-0.3, -0.25) is 9.69 Å². The number of benzene rings is 2. The van der Waals surface area contributed by atoms with Crippen molar-refractivity contribution < 1.29 is 4.79 Å². The van der Waals surface area contributed by atoms with Crippen LogP contribution in [0.25, 0.3) is 0 Å². The Bertz CT molecular complexity index is 840. The number of rotatable bonds is 5. The summed E-state index contributed by atoms with van der Waals surface area (Å²) in [4.78, 5) is 15.3. The zero-order valence-corrected chi connectivity index (χ0v) is 18.9. The van der Waals surface area contributed by atoms with E-state index in [2.05, 4.69) is 75.5 Å². The highest BCUT2D eigenvalue weighted by molar-refractivity contribution is 9.10. The Hall–Kier alpha value is -1.65. The van der Waals surface area contributed by atoms with Crippen LogP contribution >= 0.6 is 15.9 Å². The smallest absolute Gasteiger partial charge is 0.223 e. The number of nitrogens with zero attached hydrogens (tertiary/aromatic N) is 1. The summed E-state index contributed by atoms with van der Waals surface area (Å²) in [6, 6.07) is 15.4. The Morgan fingerprint density at radius 1 is 1.07 bits per heavy atom. The zero-order valence-electron chi connectivity index (χ0n) is 17.3. The molecule has 2 aromatic rings. The van der Waals surface area contributed by atoms with E-state index in [1.54, 1.807) is 0 Å². The van der Waals surface area contributed by atoms with Gasteiger partial charge in [0, 0.05) is 16.9 Å². The number of amides is 1. The van der Waals surface area contributed by atoms with Crippen LogP contribution in [0.2, 0.25) is 0 Å². The van der Waals surface area contributed by atoms with Gasteiger partial charge >= 0.3 is 0 Å². The predicted molar refractivity (Wildman–Crippen MR) is 122 cm³/mol. The summed E-state index contributed by atoms with van der Waals surface area (Å²) in [5, 5.41) is 3.28. The molecular weight excluding hydrogens is 424 g/mol. The molecule has 2 aromatic carbocycles. The number of carbonyl (C=O) groups is 1. The van der Waals surface area contributed by atoms with Crippen LogP contribution in [0.4, 0.5) is 0 Å². The summed E-state index contributed by atoms with van der Waals surface area (Å²) in [6.07, 6.45) is 6.86. The molecule has 1 fully saturated rings. The SMILES string of the molecule is C[C@H](NC(=O)C1CCN(Cc2ccc(Br)cc2)CC1)c1ccc2c(c1)CCCC2. The fourth-order valence-electron chi connectivity index (χ4n) is 4.64. The van der Waals surface area contributed by atoms with Crippen molar-refractivity contribution in [3.63, 3.8) is 0 Å². The monoisotopic (exact) mass is 454 g/mol. The Labute approximate surface area is 183 Å². The second-order valence-corrected chi connectivity index (χ2v) is 9.56. The van der Waals surface area contributed by atoms with Crippen LogP contribution in [0, 0.1) is 5.92 Å². The lowest BCUT2D eigenvalue weighted by molar-refractivity contribution is -0.127. The largest absolute Gasteiger partial charge is 0.349 e. The van der Waals surface area contributed by atoms with E-state index in [9.17, 15) is 4.79 Å². The van der Waals surface area contributed by atoms with Gasteiger partial charge in [-0.25, -0.2) is 0 Å². The number of hydrogen-bond acceptors (Lipinski definition) is 2. The van der Waals surface area contributed by atoms with Crippen LogP contribution < -0.4 is 5.32 Å². The highest BCUT2D eigenvalue weighted by atomic mass is 79.9. The highest BCUT2D eigenvalue weighted by Gasteiger charge is 2.26. The van der Waals surface area contributed by atoms with Crippen LogP contribution in [0.15, 0.2) is 46.9 Å². The standard InChI is InChI=1S/C25H31BrN2O/c1-18(22-9-8-20-4-2-3-5-23(20)16-22)27-25(29)21-12-14-28(15-13-21)17-19-6-10-24(26)11-7-19/h6-11,16,18,21H,2-5,12-15,17H2,1H3,(H,27,29)/t18-/m0/s1. The van der Waals surface area contributed by atoms with Gasteiger partial charge in [0.05, 0.1) is 6.04 Å². The first-order valence-corrected chi connectivity index (χ1v) is 11.8. The predicted octanol–water partition coefficient (Wildman–Crippen LogP) is 5.42. The van der Waals surface area contributed by atoms with Crippen LogP contribution in [0.5, 0.6) is 0 Å². The van der Waals surface area contributed by atoms with Crippen molar-refractivity contribution in [2.24, 2.45) is 5.92 Å². The highest BCUT2D eigenvalue weighted by Crippen LogP contribution is 2.26. The van der Waals surface area contributed by atoms with E-state index < -0.39 is 0 Å². The molecule has 0 aromatic heterocycles. The molecule has 4 heteroatoms. The number of hydrogen-bond donors (Lipinski definition) is 1. The van der Waals surface area contributed by atoms with E-state index in [4.69, 9.17) is 0 Å². The topological polar surface area (TPSA) is 32.3 Å². The lowest BCUT2D eigenvalue weighted by atomic mass is 9.89. The third-order valence-corrected chi connectivity index (χ3v) is 7.04. The van der Waals surface area contributed by atoms with E-state index >= 15 is 0 Å². The lowest BCUT2D eigenvalue weighted by Crippen LogP contribution is -2.40. The molecule has 0 radical (unpaired) electrons. The Kier molecular flexibility index (Phi) is 6.71. The Morgan fingerprint density at radius 3 is 2.48 bits per heavy atom. The lowest BCUT2D eigenvalue weighted by Gasteiger charge is -2.32. The van der Waals surface area contributed by atoms with Gasteiger partial charge in [-0.15, -0.1) is 0 Å². The minimum Gasteiger partial charge on any atom is -0.349 e. The second kappa shape index (κ2) is 9.44. The third kappa shape index (κ3) is 5.29. The molecule has 1 aliphatic heterocycles. The molecule has 4 rings (SSSR count). The van der Waals surface area contributed by atoms with Gasteiger partial charge in [-0.1, -0.05) is 46.3 Å². The molecule has 154 valence electrons. The molecule has 0 saturated carbocycles. The fourth-order valence-corrected chi connectivity index (χ4v) is 4.90. The number of nitrogens with one attached hydrogen (secondary N) is 1. The zero-order chi connectivity index (χ0) is 20.2. The van der Waals surface area contributed by atoms with Crippen molar-refractivity contribution in [3.05, 3.63) is 69.2 Å². The van der Waals surface area contributed by atoms with Crippen LogP contribution in [0.3, 0.4) is 0 Å². The fraction of sp³-hybridized carbons (Fsp3) is 0.480. The number of piperidine rings is 1. The van der Waals surface area contributed by atoms with E-state index in [-0.39, 0.29) is 17.9 Å². The van der Waals surface area contributed by atoms with Gasteiger partial charge in [-0.05, 0) is 92.9 Å². The van der Waals surface area contributed by atoms with Crippen molar-refractivity contribution in [2.45, 2.75) is 58.0 Å². The minimum atomic E-state index is 0.0792. The molecular formula is C25H31BrN2O. The van der Waals surface area contributed by atoms with E-state index in [0.717, 1.165) is 36.9 Å². The molecule has 1 N–H and O–H groups in total. The van der Waals surface area contributed by atoms with Crippen LogP contribution in [-0.2, 0) is 24.2 Å². The maximum absolute atomic E-state index is 12.8. The molecule has 0 spiro atoms. The van der Waals surface area contributed by atoms with Gasteiger partial charge < -0.3 is 5.32 Å². The molecule has 1 amide bonds. The van der Waals surface area contributed by atoms with Crippen molar-refractivity contribution in [2.75, 3.05) is 13.1 Å². The summed E-state index contributed by atoms with van der Waals surface area (Å²) in [5.41, 5.74) is 5.55. The molecule has 1 aliphatic carbocycles. The van der Waals surface area contributed by atoms with E-state index in [1.807, 2.05) is 0 Å². The Balaban J connectivity index is 1.27. The first-order chi connectivity index (χ1) is 14.1. The first kappa shape index (κ1) is 20.6. The minimum absolute atomic E-state index is 0.0792. The van der Waals surface area contributed by atoms with Crippen molar-refractivity contribution in [1.82, 2.24) is 10.2 Å².